The largest absolute Gasteiger partial charge is 0.359 e. The van der Waals surface area contributed by atoms with Crippen LogP contribution in [-0.4, -0.2) is 28.4 Å². The van der Waals surface area contributed by atoms with Crippen molar-refractivity contribution in [2.24, 2.45) is 5.92 Å². The Morgan fingerprint density at radius 1 is 1.41 bits per heavy atom. The number of rotatable bonds is 5. The highest BCUT2D eigenvalue weighted by Gasteiger charge is 2.27. The van der Waals surface area contributed by atoms with Gasteiger partial charge in [0.1, 0.15) is 12.1 Å². The van der Waals surface area contributed by atoms with Crippen LogP contribution in [0.1, 0.15) is 31.9 Å². The van der Waals surface area contributed by atoms with Gasteiger partial charge in [-0.15, -0.1) is 0 Å². The SMILES string of the molecule is CCCc1cc(N(C)CC2CC(Br)C2)ncn1. The van der Waals surface area contributed by atoms with Crippen molar-refractivity contribution < 1.29 is 0 Å². The summed E-state index contributed by atoms with van der Waals surface area (Å²) in [6, 6.07) is 2.12. The van der Waals surface area contributed by atoms with Crippen molar-refractivity contribution in [2.45, 2.75) is 37.4 Å². The zero-order valence-electron chi connectivity index (χ0n) is 10.6. The van der Waals surface area contributed by atoms with Gasteiger partial charge in [0.05, 0.1) is 0 Å². The van der Waals surface area contributed by atoms with E-state index in [0.717, 1.165) is 41.6 Å². The molecule has 0 N–H and O–H groups in total. The van der Waals surface area contributed by atoms with E-state index in [2.05, 4.69) is 50.8 Å². The Morgan fingerprint density at radius 2 is 2.18 bits per heavy atom. The average molecular weight is 298 g/mol. The number of anilines is 1. The van der Waals surface area contributed by atoms with Crippen LogP contribution in [0.5, 0.6) is 0 Å². The number of hydrogen-bond donors (Lipinski definition) is 0. The Morgan fingerprint density at radius 3 is 2.82 bits per heavy atom. The summed E-state index contributed by atoms with van der Waals surface area (Å²) in [7, 11) is 2.12. The molecular formula is C13H20BrN3. The van der Waals surface area contributed by atoms with Crippen molar-refractivity contribution in [3.05, 3.63) is 18.1 Å². The first kappa shape index (κ1) is 12.8. The number of alkyl halides is 1. The summed E-state index contributed by atoms with van der Waals surface area (Å²) < 4.78 is 0. The molecule has 17 heavy (non-hydrogen) atoms. The highest BCUT2D eigenvalue weighted by Crippen LogP contribution is 2.34. The van der Waals surface area contributed by atoms with E-state index in [9.17, 15) is 0 Å². The zero-order chi connectivity index (χ0) is 12.3. The Labute approximate surface area is 112 Å². The Bertz CT molecular complexity index is 363. The lowest BCUT2D eigenvalue weighted by Crippen LogP contribution is -2.35. The van der Waals surface area contributed by atoms with Crippen molar-refractivity contribution >= 4 is 21.7 Å². The molecule has 1 fully saturated rings. The second-order valence-electron chi connectivity index (χ2n) is 4.93. The highest BCUT2D eigenvalue weighted by molar-refractivity contribution is 9.09. The van der Waals surface area contributed by atoms with Crippen molar-refractivity contribution in [3.63, 3.8) is 0 Å². The van der Waals surface area contributed by atoms with Gasteiger partial charge in [0.15, 0.2) is 0 Å². The highest BCUT2D eigenvalue weighted by atomic mass is 79.9. The van der Waals surface area contributed by atoms with E-state index in [0.29, 0.717) is 0 Å². The number of halogens is 1. The van der Waals surface area contributed by atoms with Crippen LogP contribution < -0.4 is 4.90 Å². The van der Waals surface area contributed by atoms with E-state index < -0.39 is 0 Å². The maximum Gasteiger partial charge on any atom is 0.131 e. The second kappa shape index (κ2) is 5.80. The minimum Gasteiger partial charge on any atom is -0.359 e. The molecule has 1 aliphatic carbocycles. The molecule has 0 spiro atoms. The molecule has 3 nitrogen and oxygen atoms in total. The topological polar surface area (TPSA) is 29.0 Å². The van der Waals surface area contributed by atoms with Gasteiger partial charge in [-0.3, -0.25) is 0 Å². The summed E-state index contributed by atoms with van der Waals surface area (Å²) in [6.45, 7) is 3.28. The third-order valence-electron chi connectivity index (χ3n) is 3.32. The van der Waals surface area contributed by atoms with E-state index in [1.165, 1.54) is 12.8 Å². The fraction of sp³-hybridized carbons (Fsp3) is 0.692. The van der Waals surface area contributed by atoms with Crippen LogP contribution in [0, 0.1) is 5.92 Å². The molecule has 0 unspecified atom stereocenters. The van der Waals surface area contributed by atoms with Crippen LogP contribution in [0.4, 0.5) is 5.82 Å². The molecule has 1 heterocycles. The van der Waals surface area contributed by atoms with Crippen molar-refractivity contribution in [3.8, 4) is 0 Å². The summed E-state index contributed by atoms with van der Waals surface area (Å²) in [5.41, 5.74) is 1.15. The fourth-order valence-electron chi connectivity index (χ4n) is 2.27. The molecule has 0 radical (unpaired) electrons. The van der Waals surface area contributed by atoms with E-state index in [1.54, 1.807) is 6.33 Å². The summed E-state index contributed by atoms with van der Waals surface area (Å²) in [5, 5.41) is 0. The molecular weight excluding hydrogens is 278 g/mol. The van der Waals surface area contributed by atoms with Gasteiger partial charge < -0.3 is 4.90 Å². The number of aryl methyl sites for hydroxylation is 1. The Balaban J connectivity index is 1.93. The molecule has 0 atom stereocenters. The lowest BCUT2D eigenvalue weighted by atomic mass is 9.85. The summed E-state index contributed by atoms with van der Waals surface area (Å²) >= 11 is 3.63. The first-order valence-corrected chi connectivity index (χ1v) is 7.26. The predicted octanol–water partition coefficient (Wildman–Crippen LogP) is 3.04. The maximum atomic E-state index is 4.36. The van der Waals surface area contributed by atoms with Crippen molar-refractivity contribution in [2.75, 3.05) is 18.5 Å². The standard InChI is InChI=1S/C13H20BrN3/c1-3-4-12-7-13(16-9-15-12)17(2)8-10-5-11(14)6-10/h7,9-11H,3-6,8H2,1-2H3. The Kier molecular flexibility index (Phi) is 4.37. The van der Waals surface area contributed by atoms with Crippen molar-refractivity contribution in [1.82, 2.24) is 9.97 Å². The molecule has 94 valence electrons. The maximum absolute atomic E-state index is 4.36. The zero-order valence-corrected chi connectivity index (χ0v) is 12.2. The predicted molar refractivity (Wildman–Crippen MR) is 74.7 cm³/mol. The van der Waals surface area contributed by atoms with Crippen LogP contribution in [0.25, 0.3) is 0 Å². The van der Waals surface area contributed by atoms with Gasteiger partial charge >= 0.3 is 0 Å². The normalized spacial score (nSPS) is 23.2. The molecule has 0 aliphatic heterocycles. The van der Waals surface area contributed by atoms with Gasteiger partial charge in [0.2, 0.25) is 0 Å². The molecule has 2 rings (SSSR count). The monoisotopic (exact) mass is 297 g/mol. The first-order chi connectivity index (χ1) is 8.19. The van der Waals surface area contributed by atoms with E-state index in [1.807, 2.05) is 0 Å². The lowest BCUT2D eigenvalue weighted by molar-refractivity contribution is 0.338. The minimum atomic E-state index is 0.738. The van der Waals surface area contributed by atoms with Gasteiger partial charge in [-0.05, 0) is 25.2 Å². The molecule has 0 aromatic carbocycles. The van der Waals surface area contributed by atoms with Crippen LogP contribution in [0.3, 0.4) is 0 Å². The molecule has 1 aromatic heterocycles. The van der Waals surface area contributed by atoms with Gasteiger partial charge in [0, 0.05) is 30.2 Å². The number of nitrogens with zero attached hydrogens (tertiary/aromatic N) is 3. The number of hydrogen-bond acceptors (Lipinski definition) is 3. The van der Waals surface area contributed by atoms with Gasteiger partial charge in [-0.2, -0.15) is 0 Å². The van der Waals surface area contributed by atoms with Crippen molar-refractivity contribution in [1.29, 1.82) is 0 Å². The quantitative estimate of drug-likeness (QED) is 0.782. The van der Waals surface area contributed by atoms with Gasteiger partial charge in [-0.25, -0.2) is 9.97 Å². The third kappa shape index (κ3) is 3.41. The van der Waals surface area contributed by atoms with Crippen LogP contribution in [0.2, 0.25) is 0 Å². The van der Waals surface area contributed by atoms with E-state index in [4.69, 9.17) is 0 Å². The average Bonchev–Trinajstić information content (AvgIpc) is 2.28. The summed E-state index contributed by atoms with van der Waals surface area (Å²) in [6.07, 6.45) is 6.43. The van der Waals surface area contributed by atoms with E-state index in [-0.39, 0.29) is 0 Å². The van der Waals surface area contributed by atoms with Crippen LogP contribution in [-0.2, 0) is 6.42 Å². The molecule has 1 aliphatic rings. The van der Waals surface area contributed by atoms with Crippen LogP contribution in [0.15, 0.2) is 12.4 Å². The smallest absolute Gasteiger partial charge is 0.131 e. The van der Waals surface area contributed by atoms with Crippen LogP contribution >= 0.6 is 15.9 Å². The van der Waals surface area contributed by atoms with Gasteiger partial charge in [0.25, 0.3) is 0 Å². The third-order valence-corrected chi connectivity index (χ3v) is 4.06. The van der Waals surface area contributed by atoms with Gasteiger partial charge in [-0.1, -0.05) is 29.3 Å². The molecule has 0 bridgehead atoms. The molecule has 4 heteroatoms. The lowest BCUT2D eigenvalue weighted by Gasteiger charge is -2.34. The first-order valence-electron chi connectivity index (χ1n) is 6.35. The molecule has 0 saturated heterocycles. The summed E-state index contributed by atoms with van der Waals surface area (Å²) in [5.74, 6) is 1.87. The minimum absolute atomic E-state index is 0.738. The molecule has 1 aromatic rings. The second-order valence-corrected chi connectivity index (χ2v) is 6.23. The van der Waals surface area contributed by atoms with E-state index >= 15 is 0 Å². The molecule has 1 saturated carbocycles. The fourth-order valence-corrected chi connectivity index (χ4v) is 3.33. The Hall–Kier alpha value is -0.640. The molecule has 0 amide bonds. The number of aromatic nitrogens is 2. The summed E-state index contributed by atoms with van der Waals surface area (Å²) in [4.78, 5) is 11.6.